The van der Waals surface area contributed by atoms with E-state index in [1.165, 1.54) is 24.3 Å². The zero-order valence-corrected chi connectivity index (χ0v) is 8.77. The lowest BCUT2D eigenvalue weighted by atomic mass is 10.2. The van der Waals surface area contributed by atoms with Gasteiger partial charge in [0.15, 0.2) is 11.6 Å². The van der Waals surface area contributed by atoms with Crippen LogP contribution in [0.2, 0.25) is 0 Å². The van der Waals surface area contributed by atoms with Crippen molar-refractivity contribution in [3.05, 3.63) is 41.0 Å². The van der Waals surface area contributed by atoms with Gasteiger partial charge in [0.25, 0.3) is 6.43 Å². The van der Waals surface area contributed by atoms with Crippen molar-refractivity contribution < 1.29 is 18.3 Å². The van der Waals surface area contributed by atoms with Gasteiger partial charge in [-0.05, 0) is 35.9 Å². The Balaban J connectivity index is 2.39. The van der Waals surface area contributed by atoms with E-state index in [1.54, 1.807) is 0 Å². The van der Waals surface area contributed by atoms with Gasteiger partial charge in [0.1, 0.15) is 0 Å². The van der Waals surface area contributed by atoms with Crippen LogP contribution in [0.25, 0.3) is 10.4 Å². The Kier molecular flexibility index (Phi) is 2.87. The summed E-state index contributed by atoms with van der Waals surface area (Å²) in [5.41, 5.74) is 0.479. The fourth-order valence-corrected chi connectivity index (χ4v) is 2.15. The van der Waals surface area contributed by atoms with Crippen LogP contribution in [-0.4, -0.2) is 5.11 Å². The van der Waals surface area contributed by atoms with Crippen LogP contribution < -0.4 is 0 Å². The van der Waals surface area contributed by atoms with Crippen molar-refractivity contribution in [2.24, 2.45) is 0 Å². The van der Waals surface area contributed by atoms with E-state index in [4.69, 9.17) is 5.11 Å². The van der Waals surface area contributed by atoms with Gasteiger partial charge in [-0.3, -0.25) is 0 Å². The number of rotatable bonds is 2. The Morgan fingerprint density at radius 1 is 1.12 bits per heavy atom. The first-order valence-electron chi connectivity index (χ1n) is 4.44. The molecule has 1 aromatic heterocycles. The maximum atomic E-state index is 13.0. The Bertz CT molecular complexity index is 508. The zero-order valence-electron chi connectivity index (χ0n) is 7.95. The fraction of sp³-hybridized carbons (Fsp3) is 0.0909. The van der Waals surface area contributed by atoms with Crippen LogP contribution in [-0.2, 0) is 0 Å². The van der Waals surface area contributed by atoms with Gasteiger partial charge < -0.3 is 5.11 Å². The van der Waals surface area contributed by atoms with Crippen molar-refractivity contribution in [1.29, 1.82) is 0 Å². The standard InChI is InChI=1S/C11H7F3OS/c12-7-5-6(1-2-8(7)15)9-3-4-10(16-9)11(13)14/h1-5,11,15H. The summed E-state index contributed by atoms with van der Waals surface area (Å²) in [6.07, 6.45) is -2.51. The average molecular weight is 244 g/mol. The molecule has 2 aromatic rings. The van der Waals surface area contributed by atoms with Crippen molar-refractivity contribution in [1.82, 2.24) is 0 Å². The molecule has 0 aliphatic rings. The van der Waals surface area contributed by atoms with Crippen LogP contribution in [0.1, 0.15) is 11.3 Å². The smallest absolute Gasteiger partial charge is 0.272 e. The minimum absolute atomic E-state index is 0.0523. The van der Waals surface area contributed by atoms with Crippen LogP contribution in [0.3, 0.4) is 0 Å². The first-order chi connectivity index (χ1) is 7.58. The maximum Gasteiger partial charge on any atom is 0.272 e. The third-order valence-corrected chi connectivity index (χ3v) is 3.22. The molecule has 0 radical (unpaired) electrons. The molecule has 0 fully saturated rings. The molecule has 1 aromatic carbocycles. The van der Waals surface area contributed by atoms with Crippen LogP contribution in [0, 0.1) is 5.82 Å². The first kappa shape index (κ1) is 11.0. The summed E-state index contributed by atoms with van der Waals surface area (Å²) in [5.74, 6) is -1.21. The van der Waals surface area contributed by atoms with Crippen LogP contribution in [0.4, 0.5) is 13.2 Å². The van der Waals surface area contributed by atoms with E-state index >= 15 is 0 Å². The Morgan fingerprint density at radius 2 is 1.88 bits per heavy atom. The summed E-state index contributed by atoms with van der Waals surface area (Å²) < 4.78 is 37.7. The summed E-state index contributed by atoms with van der Waals surface area (Å²) in [5, 5.41) is 8.99. The topological polar surface area (TPSA) is 20.2 Å². The summed E-state index contributed by atoms with van der Waals surface area (Å²) in [6, 6.07) is 6.63. The van der Waals surface area contributed by atoms with Crippen molar-refractivity contribution in [3.8, 4) is 16.2 Å². The molecule has 0 saturated carbocycles. The molecule has 0 spiro atoms. The minimum atomic E-state index is -2.51. The van der Waals surface area contributed by atoms with Gasteiger partial charge in [0.05, 0.1) is 4.88 Å². The lowest BCUT2D eigenvalue weighted by Crippen LogP contribution is -1.78. The van der Waals surface area contributed by atoms with Gasteiger partial charge in [0, 0.05) is 4.88 Å². The van der Waals surface area contributed by atoms with E-state index in [0.29, 0.717) is 10.4 Å². The van der Waals surface area contributed by atoms with Crippen molar-refractivity contribution in [2.75, 3.05) is 0 Å². The second-order valence-corrected chi connectivity index (χ2v) is 4.28. The molecule has 0 atom stereocenters. The molecule has 0 aliphatic heterocycles. The Labute approximate surface area is 93.8 Å². The number of thiophene rings is 1. The van der Waals surface area contributed by atoms with E-state index in [-0.39, 0.29) is 4.88 Å². The molecule has 84 valence electrons. The molecule has 0 saturated heterocycles. The van der Waals surface area contributed by atoms with Crippen molar-refractivity contribution in [3.63, 3.8) is 0 Å². The highest BCUT2D eigenvalue weighted by Crippen LogP contribution is 2.34. The van der Waals surface area contributed by atoms with E-state index in [0.717, 1.165) is 17.4 Å². The third kappa shape index (κ3) is 2.04. The normalized spacial score (nSPS) is 11.0. The van der Waals surface area contributed by atoms with Gasteiger partial charge in [-0.2, -0.15) is 0 Å². The third-order valence-electron chi connectivity index (χ3n) is 2.07. The molecule has 1 heterocycles. The molecule has 5 heteroatoms. The van der Waals surface area contributed by atoms with Crippen LogP contribution in [0.5, 0.6) is 5.75 Å². The van der Waals surface area contributed by atoms with Gasteiger partial charge in [-0.15, -0.1) is 11.3 Å². The highest BCUT2D eigenvalue weighted by atomic mass is 32.1. The number of phenols is 1. The Hall–Kier alpha value is -1.49. The summed E-state index contributed by atoms with van der Waals surface area (Å²) in [7, 11) is 0. The molecule has 1 N–H and O–H groups in total. The van der Waals surface area contributed by atoms with Crippen LogP contribution in [0.15, 0.2) is 30.3 Å². The quantitative estimate of drug-likeness (QED) is 0.839. The van der Waals surface area contributed by atoms with E-state index < -0.39 is 18.0 Å². The second kappa shape index (κ2) is 4.17. The van der Waals surface area contributed by atoms with Gasteiger partial charge >= 0.3 is 0 Å². The number of benzene rings is 1. The van der Waals surface area contributed by atoms with E-state index in [2.05, 4.69) is 0 Å². The molecular weight excluding hydrogens is 237 g/mol. The number of aromatic hydroxyl groups is 1. The highest BCUT2D eigenvalue weighted by molar-refractivity contribution is 7.15. The summed E-state index contributed by atoms with van der Waals surface area (Å²) in [4.78, 5) is 0.498. The van der Waals surface area contributed by atoms with Gasteiger partial charge in [-0.1, -0.05) is 0 Å². The minimum Gasteiger partial charge on any atom is -0.505 e. The Morgan fingerprint density at radius 3 is 2.44 bits per heavy atom. The molecule has 1 nitrogen and oxygen atoms in total. The predicted octanol–water partition coefficient (Wildman–Crippen LogP) is 4.20. The molecule has 16 heavy (non-hydrogen) atoms. The van der Waals surface area contributed by atoms with E-state index in [1.807, 2.05) is 0 Å². The lowest BCUT2D eigenvalue weighted by Gasteiger charge is -1.99. The molecule has 0 unspecified atom stereocenters. The van der Waals surface area contributed by atoms with Crippen LogP contribution >= 0.6 is 11.3 Å². The molecule has 2 rings (SSSR count). The molecule has 0 aliphatic carbocycles. The molecule has 0 amide bonds. The predicted molar refractivity (Wildman–Crippen MR) is 56.3 cm³/mol. The highest BCUT2D eigenvalue weighted by Gasteiger charge is 2.12. The first-order valence-corrected chi connectivity index (χ1v) is 5.26. The fourth-order valence-electron chi connectivity index (χ4n) is 1.29. The number of halogens is 3. The monoisotopic (exact) mass is 244 g/mol. The largest absolute Gasteiger partial charge is 0.505 e. The number of hydrogen-bond acceptors (Lipinski definition) is 2. The van der Waals surface area contributed by atoms with Gasteiger partial charge in [-0.25, -0.2) is 13.2 Å². The SMILES string of the molecule is Oc1ccc(-c2ccc(C(F)F)s2)cc1F. The summed E-state index contributed by atoms with van der Waals surface area (Å²) >= 11 is 0.910. The van der Waals surface area contributed by atoms with Gasteiger partial charge in [0.2, 0.25) is 0 Å². The molecule has 0 bridgehead atoms. The van der Waals surface area contributed by atoms with Crippen molar-refractivity contribution in [2.45, 2.75) is 6.43 Å². The average Bonchev–Trinajstić information content (AvgIpc) is 2.71. The number of phenolic OH excluding ortho intramolecular Hbond substituents is 1. The summed E-state index contributed by atoms with van der Waals surface area (Å²) in [6.45, 7) is 0. The van der Waals surface area contributed by atoms with Crippen molar-refractivity contribution >= 4 is 11.3 Å². The van der Waals surface area contributed by atoms with E-state index in [9.17, 15) is 13.2 Å². The second-order valence-electron chi connectivity index (χ2n) is 3.17. The molecular formula is C11H7F3OS. The maximum absolute atomic E-state index is 13.0. The zero-order chi connectivity index (χ0) is 11.7. The lowest BCUT2D eigenvalue weighted by molar-refractivity contribution is 0.155. The number of hydrogen-bond donors (Lipinski definition) is 1. The number of alkyl halides is 2.